The average Bonchev–Trinajstić information content (AvgIpc) is 2.61. The van der Waals surface area contributed by atoms with Crippen molar-refractivity contribution >= 4 is 16.7 Å². The number of likely N-dealkylation sites (N-methyl/N-ethyl adjacent to an activating group) is 1. The van der Waals surface area contributed by atoms with Gasteiger partial charge in [-0.1, -0.05) is 61.7 Å². The zero-order valence-electron chi connectivity index (χ0n) is 14.6. The van der Waals surface area contributed by atoms with Crippen molar-refractivity contribution in [1.82, 2.24) is 10.2 Å². The quantitative estimate of drug-likeness (QED) is 0.872. The maximum absolute atomic E-state index is 12.2. The van der Waals surface area contributed by atoms with Gasteiger partial charge in [-0.25, -0.2) is 0 Å². The van der Waals surface area contributed by atoms with Gasteiger partial charge in [0, 0.05) is 13.1 Å². The van der Waals surface area contributed by atoms with Crippen molar-refractivity contribution in [2.45, 2.75) is 38.6 Å². The Morgan fingerprint density at radius 1 is 1.08 bits per heavy atom. The van der Waals surface area contributed by atoms with Crippen LogP contribution in [0.25, 0.3) is 10.8 Å². The molecular formula is C21H28N2O. The molecule has 3 nitrogen and oxygen atoms in total. The topological polar surface area (TPSA) is 32.3 Å². The Morgan fingerprint density at radius 3 is 2.67 bits per heavy atom. The Kier molecular flexibility index (Phi) is 5.86. The van der Waals surface area contributed by atoms with Gasteiger partial charge < -0.3 is 5.32 Å². The van der Waals surface area contributed by atoms with Crippen molar-refractivity contribution in [3.63, 3.8) is 0 Å². The van der Waals surface area contributed by atoms with E-state index >= 15 is 0 Å². The molecule has 0 spiro atoms. The van der Waals surface area contributed by atoms with Crippen LogP contribution in [0.2, 0.25) is 0 Å². The molecule has 128 valence electrons. The minimum atomic E-state index is 0.142. The van der Waals surface area contributed by atoms with E-state index in [4.69, 9.17) is 0 Å². The van der Waals surface area contributed by atoms with Gasteiger partial charge in [0.25, 0.3) is 0 Å². The van der Waals surface area contributed by atoms with Gasteiger partial charge in [-0.15, -0.1) is 0 Å². The highest BCUT2D eigenvalue weighted by Gasteiger charge is 2.15. The molecule has 0 heterocycles. The van der Waals surface area contributed by atoms with E-state index in [1.165, 1.54) is 48.4 Å². The normalized spacial score (nSPS) is 15.8. The van der Waals surface area contributed by atoms with E-state index in [-0.39, 0.29) is 5.91 Å². The number of hydrogen-bond acceptors (Lipinski definition) is 2. The van der Waals surface area contributed by atoms with E-state index in [1.807, 2.05) is 7.05 Å². The summed E-state index contributed by atoms with van der Waals surface area (Å²) in [5, 5.41) is 5.65. The molecule has 24 heavy (non-hydrogen) atoms. The fourth-order valence-corrected chi connectivity index (χ4v) is 3.73. The zero-order chi connectivity index (χ0) is 16.8. The van der Waals surface area contributed by atoms with E-state index < -0.39 is 0 Å². The molecule has 0 bridgehead atoms. The van der Waals surface area contributed by atoms with Crippen LogP contribution in [0, 0.1) is 5.92 Å². The van der Waals surface area contributed by atoms with Crippen molar-refractivity contribution < 1.29 is 4.79 Å². The van der Waals surface area contributed by atoms with Crippen LogP contribution in [-0.4, -0.2) is 30.9 Å². The summed E-state index contributed by atoms with van der Waals surface area (Å²) in [6, 6.07) is 14.8. The molecule has 0 aromatic heterocycles. The van der Waals surface area contributed by atoms with Crippen LogP contribution in [0.4, 0.5) is 0 Å². The van der Waals surface area contributed by atoms with Crippen molar-refractivity contribution in [2.24, 2.45) is 5.92 Å². The highest BCUT2D eigenvalue weighted by atomic mass is 16.2. The minimum Gasteiger partial charge on any atom is -0.355 e. The molecule has 1 saturated carbocycles. The Balaban J connectivity index is 1.51. The molecular weight excluding hydrogens is 296 g/mol. The Hall–Kier alpha value is -1.87. The molecule has 2 aromatic rings. The van der Waals surface area contributed by atoms with Crippen LogP contribution in [0.1, 0.15) is 37.7 Å². The maximum atomic E-state index is 12.2. The van der Waals surface area contributed by atoms with E-state index in [0.29, 0.717) is 12.5 Å². The first-order valence-electron chi connectivity index (χ1n) is 9.14. The standard InChI is InChI=1S/C21H28N2O/c1-23(16-21(24)22-14-17-8-3-2-4-9-17)15-19-12-7-11-18-10-5-6-13-20(18)19/h5-7,10-13,17H,2-4,8-9,14-16H2,1H3,(H,22,24). The van der Waals surface area contributed by atoms with E-state index in [1.54, 1.807) is 0 Å². The SMILES string of the molecule is CN(CC(=O)NCC1CCCCC1)Cc1cccc2ccccc12. The summed E-state index contributed by atoms with van der Waals surface area (Å²) in [6.07, 6.45) is 6.54. The minimum absolute atomic E-state index is 0.142. The molecule has 0 unspecified atom stereocenters. The van der Waals surface area contributed by atoms with Gasteiger partial charge in [-0.2, -0.15) is 0 Å². The first-order valence-corrected chi connectivity index (χ1v) is 9.14. The molecule has 3 rings (SSSR count). The second-order valence-electron chi connectivity index (χ2n) is 7.12. The van der Waals surface area contributed by atoms with Gasteiger partial charge in [0.05, 0.1) is 6.54 Å². The third-order valence-corrected chi connectivity index (χ3v) is 5.05. The maximum Gasteiger partial charge on any atom is 0.234 e. The van der Waals surface area contributed by atoms with Gasteiger partial charge >= 0.3 is 0 Å². The number of hydrogen-bond donors (Lipinski definition) is 1. The lowest BCUT2D eigenvalue weighted by Gasteiger charge is -2.23. The van der Waals surface area contributed by atoms with Gasteiger partial charge in [-0.05, 0) is 42.1 Å². The second-order valence-corrected chi connectivity index (χ2v) is 7.12. The molecule has 3 heteroatoms. The van der Waals surface area contributed by atoms with E-state index in [2.05, 4.69) is 52.7 Å². The monoisotopic (exact) mass is 324 g/mol. The Labute approximate surface area is 145 Å². The van der Waals surface area contributed by atoms with Gasteiger partial charge in [-0.3, -0.25) is 9.69 Å². The summed E-state index contributed by atoms with van der Waals surface area (Å²) in [7, 11) is 2.02. The molecule has 1 amide bonds. The number of rotatable bonds is 6. The van der Waals surface area contributed by atoms with Crippen molar-refractivity contribution in [1.29, 1.82) is 0 Å². The lowest BCUT2D eigenvalue weighted by molar-refractivity contribution is -0.122. The number of benzene rings is 2. The fraction of sp³-hybridized carbons (Fsp3) is 0.476. The van der Waals surface area contributed by atoms with Gasteiger partial charge in [0.1, 0.15) is 0 Å². The largest absolute Gasteiger partial charge is 0.355 e. The van der Waals surface area contributed by atoms with Gasteiger partial charge in [0.2, 0.25) is 5.91 Å². The van der Waals surface area contributed by atoms with Crippen LogP contribution >= 0.6 is 0 Å². The molecule has 2 aromatic carbocycles. The number of carbonyl (C=O) groups excluding carboxylic acids is 1. The highest BCUT2D eigenvalue weighted by molar-refractivity contribution is 5.85. The number of fused-ring (bicyclic) bond motifs is 1. The number of nitrogens with one attached hydrogen (secondary N) is 1. The van der Waals surface area contributed by atoms with Crippen molar-refractivity contribution in [3.05, 3.63) is 48.0 Å². The lowest BCUT2D eigenvalue weighted by atomic mass is 9.89. The van der Waals surface area contributed by atoms with Crippen LogP contribution in [0.5, 0.6) is 0 Å². The van der Waals surface area contributed by atoms with E-state index in [9.17, 15) is 4.79 Å². The smallest absolute Gasteiger partial charge is 0.234 e. The molecule has 0 aliphatic heterocycles. The predicted molar refractivity (Wildman–Crippen MR) is 99.9 cm³/mol. The molecule has 0 saturated heterocycles. The van der Waals surface area contributed by atoms with Crippen LogP contribution in [-0.2, 0) is 11.3 Å². The first kappa shape index (κ1) is 17.0. The summed E-state index contributed by atoms with van der Waals surface area (Å²) in [5.41, 5.74) is 1.27. The number of nitrogens with zero attached hydrogens (tertiary/aromatic N) is 1. The summed E-state index contributed by atoms with van der Waals surface area (Å²) in [6.45, 7) is 2.09. The second kappa shape index (κ2) is 8.29. The molecule has 0 radical (unpaired) electrons. The summed E-state index contributed by atoms with van der Waals surface area (Å²) >= 11 is 0. The Bertz CT molecular complexity index is 671. The lowest BCUT2D eigenvalue weighted by Crippen LogP contribution is -2.37. The molecule has 1 N–H and O–H groups in total. The summed E-state index contributed by atoms with van der Waals surface area (Å²) < 4.78 is 0. The third-order valence-electron chi connectivity index (χ3n) is 5.05. The molecule has 1 aliphatic rings. The summed E-state index contributed by atoms with van der Waals surface area (Å²) in [4.78, 5) is 14.3. The highest BCUT2D eigenvalue weighted by Crippen LogP contribution is 2.23. The number of amides is 1. The predicted octanol–water partition coefficient (Wildman–Crippen LogP) is 3.97. The van der Waals surface area contributed by atoms with Crippen molar-refractivity contribution in [3.8, 4) is 0 Å². The van der Waals surface area contributed by atoms with Gasteiger partial charge in [0.15, 0.2) is 0 Å². The Morgan fingerprint density at radius 2 is 1.83 bits per heavy atom. The fourth-order valence-electron chi connectivity index (χ4n) is 3.73. The van der Waals surface area contributed by atoms with Crippen molar-refractivity contribution in [2.75, 3.05) is 20.1 Å². The first-order chi connectivity index (χ1) is 11.7. The average molecular weight is 324 g/mol. The zero-order valence-corrected chi connectivity index (χ0v) is 14.6. The third kappa shape index (κ3) is 4.57. The van der Waals surface area contributed by atoms with E-state index in [0.717, 1.165) is 13.1 Å². The van der Waals surface area contributed by atoms with Crippen LogP contribution in [0.15, 0.2) is 42.5 Å². The number of carbonyl (C=O) groups is 1. The van der Waals surface area contributed by atoms with Crippen LogP contribution in [0.3, 0.4) is 0 Å². The molecule has 0 atom stereocenters. The van der Waals surface area contributed by atoms with Crippen LogP contribution < -0.4 is 5.32 Å². The summed E-state index contributed by atoms with van der Waals surface area (Å²) in [5.74, 6) is 0.828. The molecule has 1 fully saturated rings. The molecule has 1 aliphatic carbocycles.